The second kappa shape index (κ2) is 9.61. The van der Waals surface area contributed by atoms with Gasteiger partial charge in [0.25, 0.3) is 5.91 Å². The molecule has 1 amide bonds. The molecule has 4 aromatic rings. The molecule has 9 heteroatoms. The number of anilines is 1. The summed E-state index contributed by atoms with van der Waals surface area (Å²) in [7, 11) is 0. The Morgan fingerprint density at radius 2 is 1.88 bits per heavy atom. The van der Waals surface area contributed by atoms with E-state index in [4.69, 9.17) is 9.26 Å². The molecule has 0 saturated heterocycles. The fourth-order valence-corrected chi connectivity index (χ4v) is 4.25. The van der Waals surface area contributed by atoms with Gasteiger partial charge in [-0.15, -0.1) is 11.8 Å². The fraction of sp³-hybridized carbons (Fsp3) is 0.174. The minimum absolute atomic E-state index is 0.298. The zero-order valence-corrected chi connectivity index (χ0v) is 18.3. The summed E-state index contributed by atoms with van der Waals surface area (Å²) in [5.74, 6) is 0.224. The molecule has 3 heterocycles. The Hall–Kier alpha value is -3.72. The second-order valence-electron chi connectivity index (χ2n) is 6.95. The average Bonchev–Trinajstić information content (AvgIpc) is 3.13. The average molecular weight is 449 g/mol. The van der Waals surface area contributed by atoms with Crippen LogP contribution in [0.25, 0.3) is 10.9 Å². The van der Waals surface area contributed by atoms with Gasteiger partial charge in [-0.25, -0.2) is 9.78 Å². The van der Waals surface area contributed by atoms with Crippen LogP contribution in [0.3, 0.4) is 0 Å². The maximum atomic E-state index is 12.6. The van der Waals surface area contributed by atoms with Gasteiger partial charge in [-0.3, -0.25) is 9.78 Å². The lowest BCUT2D eigenvalue weighted by Gasteiger charge is -2.10. The van der Waals surface area contributed by atoms with Crippen LogP contribution >= 0.6 is 11.8 Å². The first kappa shape index (κ1) is 21.5. The van der Waals surface area contributed by atoms with Gasteiger partial charge < -0.3 is 14.6 Å². The summed E-state index contributed by atoms with van der Waals surface area (Å²) in [6, 6.07) is 12.4. The number of hydrogen-bond donors (Lipinski definition) is 1. The van der Waals surface area contributed by atoms with E-state index < -0.39 is 18.5 Å². The molecule has 0 fully saturated rings. The molecule has 0 aliphatic carbocycles. The number of hydrogen-bond acceptors (Lipinski definition) is 8. The van der Waals surface area contributed by atoms with Gasteiger partial charge in [-0.05, 0) is 50.2 Å². The molecule has 3 aromatic heterocycles. The van der Waals surface area contributed by atoms with Crippen LogP contribution in [0, 0.1) is 13.8 Å². The third-order valence-corrected chi connectivity index (χ3v) is 5.81. The van der Waals surface area contributed by atoms with Gasteiger partial charge >= 0.3 is 5.97 Å². The van der Waals surface area contributed by atoms with E-state index in [1.54, 1.807) is 42.7 Å². The van der Waals surface area contributed by atoms with E-state index in [-0.39, 0.29) is 0 Å². The minimum Gasteiger partial charge on any atom is -0.452 e. The SMILES string of the molecule is Cc1noc(C)c1CSc1ncccc1C(=O)OCC(=O)Nc1cccc2ncccc12. The number of esters is 1. The summed E-state index contributed by atoms with van der Waals surface area (Å²) in [5, 5.41) is 8.03. The van der Waals surface area contributed by atoms with E-state index in [1.807, 2.05) is 26.0 Å². The zero-order chi connectivity index (χ0) is 22.5. The van der Waals surface area contributed by atoms with E-state index in [9.17, 15) is 9.59 Å². The first-order chi connectivity index (χ1) is 15.5. The summed E-state index contributed by atoms with van der Waals surface area (Å²) in [6.07, 6.45) is 3.29. The molecule has 32 heavy (non-hydrogen) atoms. The molecular weight excluding hydrogens is 428 g/mol. The number of aromatic nitrogens is 3. The van der Waals surface area contributed by atoms with Gasteiger partial charge in [0.2, 0.25) is 0 Å². The third kappa shape index (κ3) is 4.78. The first-order valence-corrected chi connectivity index (χ1v) is 10.8. The lowest BCUT2D eigenvalue weighted by molar-refractivity contribution is -0.119. The van der Waals surface area contributed by atoms with Crippen LogP contribution in [0.4, 0.5) is 5.69 Å². The molecule has 162 valence electrons. The zero-order valence-electron chi connectivity index (χ0n) is 17.5. The maximum Gasteiger partial charge on any atom is 0.341 e. The van der Waals surface area contributed by atoms with Crippen molar-refractivity contribution >= 4 is 40.2 Å². The smallest absolute Gasteiger partial charge is 0.341 e. The number of nitrogens with zero attached hydrogens (tertiary/aromatic N) is 3. The number of carbonyl (C=O) groups is 2. The predicted molar refractivity (Wildman–Crippen MR) is 120 cm³/mol. The van der Waals surface area contributed by atoms with Crippen molar-refractivity contribution in [2.45, 2.75) is 24.6 Å². The first-order valence-electron chi connectivity index (χ1n) is 9.83. The van der Waals surface area contributed by atoms with Gasteiger partial charge in [0.15, 0.2) is 6.61 Å². The Bertz CT molecular complexity index is 1260. The van der Waals surface area contributed by atoms with Crippen molar-refractivity contribution in [2.24, 2.45) is 0 Å². The number of rotatable bonds is 7. The molecule has 0 aliphatic rings. The number of benzene rings is 1. The van der Waals surface area contributed by atoms with Gasteiger partial charge in [0.1, 0.15) is 10.8 Å². The molecule has 0 saturated carbocycles. The van der Waals surface area contributed by atoms with Crippen LogP contribution in [0.1, 0.15) is 27.4 Å². The highest BCUT2D eigenvalue weighted by Gasteiger charge is 2.18. The molecule has 0 unspecified atom stereocenters. The van der Waals surface area contributed by atoms with Gasteiger partial charge in [0, 0.05) is 29.1 Å². The van der Waals surface area contributed by atoms with Crippen molar-refractivity contribution in [2.75, 3.05) is 11.9 Å². The Kier molecular flexibility index (Phi) is 6.46. The lowest BCUT2D eigenvalue weighted by Crippen LogP contribution is -2.21. The number of aryl methyl sites for hydroxylation is 2. The Balaban J connectivity index is 1.39. The third-order valence-electron chi connectivity index (χ3n) is 4.78. The van der Waals surface area contributed by atoms with Crippen LogP contribution < -0.4 is 5.32 Å². The van der Waals surface area contributed by atoms with E-state index in [2.05, 4.69) is 20.4 Å². The molecule has 1 N–H and O–H groups in total. The summed E-state index contributed by atoms with van der Waals surface area (Å²) < 4.78 is 10.4. The van der Waals surface area contributed by atoms with Crippen LogP contribution in [0.2, 0.25) is 0 Å². The monoisotopic (exact) mass is 448 g/mol. The van der Waals surface area contributed by atoms with Crippen molar-refractivity contribution < 1.29 is 18.8 Å². The standard InChI is InChI=1S/C23H20N4O4S/c1-14-18(15(2)31-27-14)13-32-22-17(7-5-11-25-22)23(29)30-12-21(28)26-20-9-3-8-19-16(20)6-4-10-24-19/h3-11H,12-13H2,1-2H3,(H,26,28). The number of thioether (sulfide) groups is 1. The molecule has 0 radical (unpaired) electrons. The highest BCUT2D eigenvalue weighted by molar-refractivity contribution is 7.98. The number of pyridine rings is 2. The Morgan fingerprint density at radius 1 is 1.06 bits per heavy atom. The lowest BCUT2D eigenvalue weighted by atomic mass is 10.2. The summed E-state index contributed by atoms with van der Waals surface area (Å²) in [4.78, 5) is 33.6. The highest BCUT2D eigenvalue weighted by Crippen LogP contribution is 2.27. The number of carbonyl (C=O) groups excluding carboxylic acids is 2. The number of amides is 1. The fourth-order valence-electron chi connectivity index (χ4n) is 3.12. The molecule has 0 atom stereocenters. The van der Waals surface area contributed by atoms with Crippen LogP contribution in [0.5, 0.6) is 0 Å². The normalized spacial score (nSPS) is 10.8. The van der Waals surface area contributed by atoms with Crippen molar-refractivity contribution in [3.63, 3.8) is 0 Å². The van der Waals surface area contributed by atoms with Crippen LogP contribution in [0.15, 0.2) is 64.4 Å². The molecular formula is C23H20N4O4S. The van der Waals surface area contributed by atoms with Crippen LogP contribution in [-0.2, 0) is 15.3 Å². The Labute approximate surface area is 188 Å². The number of nitrogens with one attached hydrogen (secondary N) is 1. The summed E-state index contributed by atoms with van der Waals surface area (Å²) in [6.45, 7) is 3.29. The molecule has 1 aromatic carbocycles. The van der Waals surface area contributed by atoms with Crippen LogP contribution in [-0.4, -0.2) is 33.6 Å². The molecule has 8 nitrogen and oxygen atoms in total. The largest absolute Gasteiger partial charge is 0.452 e. The van der Waals surface area contributed by atoms with Crippen molar-refractivity contribution in [3.8, 4) is 0 Å². The van der Waals surface area contributed by atoms with Crippen molar-refractivity contribution in [1.82, 2.24) is 15.1 Å². The predicted octanol–water partition coefficient (Wildman–Crippen LogP) is 4.32. The van der Waals surface area contributed by atoms with Gasteiger partial charge in [-0.1, -0.05) is 11.2 Å². The quantitative estimate of drug-likeness (QED) is 0.329. The van der Waals surface area contributed by atoms with E-state index in [1.165, 1.54) is 11.8 Å². The van der Waals surface area contributed by atoms with Crippen molar-refractivity contribution in [1.29, 1.82) is 0 Å². The molecule has 0 spiro atoms. The topological polar surface area (TPSA) is 107 Å². The van der Waals surface area contributed by atoms with E-state index >= 15 is 0 Å². The number of ether oxygens (including phenoxy) is 1. The molecule has 4 rings (SSSR count). The van der Waals surface area contributed by atoms with E-state index in [0.717, 1.165) is 27.9 Å². The van der Waals surface area contributed by atoms with Crippen molar-refractivity contribution in [3.05, 3.63) is 77.4 Å². The van der Waals surface area contributed by atoms with E-state index in [0.29, 0.717) is 22.0 Å². The molecule has 0 aliphatic heterocycles. The number of fused-ring (bicyclic) bond motifs is 1. The second-order valence-corrected chi connectivity index (χ2v) is 7.91. The molecule has 0 bridgehead atoms. The van der Waals surface area contributed by atoms with Gasteiger partial charge in [-0.2, -0.15) is 0 Å². The summed E-state index contributed by atoms with van der Waals surface area (Å²) in [5.41, 5.74) is 3.43. The minimum atomic E-state index is -0.617. The highest BCUT2D eigenvalue weighted by atomic mass is 32.2. The van der Waals surface area contributed by atoms with Gasteiger partial charge in [0.05, 0.1) is 22.5 Å². The Morgan fingerprint density at radius 3 is 2.69 bits per heavy atom. The maximum absolute atomic E-state index is 12.6. The summed E-state index contributed by atoms with van der Waals surface area (Å²) >= 11 is 1.38.